The van der Waals surface area contributed by atoms with Gasteiger partial charge in [-0.3, -0.25) is 4.57 Å². The van der Waals surface area contributed by atoms with Crippen molar-refractivity contribution in [3.05, 3.63) is 41.3 Å². The van der Waals surface area contributed by atoms with E-state index in [1.165, 1.54) is 25.0 Å². The van der Waals surface area contributed by atoms with Crippen LogP contribution in [0.25, 0.3) is 11.0 Å². The second-order valence-electron chi connectivity index (χ2n) is 6.14. The minimum atomic E-state index is -3.40. The SMILES string of the molecule is CP(=O)(O)Cc1cc(Cn2ncc3c(N)nc(OCCO)nc32)ccc1F. The number of nitrogen functional groups attached to an aromatic ring is 1. The Hall–Kier alpha value is -2.55. The third kappa shape index (κ3) is 4.60. The van der Waals surface area contributed by atoms with E-state index in [-0.39, 0.29) is 43.3 Å². The smallest absolute Gasteiger partial charge is 0.320 e. The summed E-state index contributed by atoms with van der Waals surface area (Å²) in [6, 6.07) is 4.37. The zero-order chi connectivity index (χ0) is 19.6. The van der Waals surface area contributed by atoms with Gasteiger partial charge in [-0.15, -0.1) is 0 Å². The van der Waals surface area contributed by atoms with Gasteiger partial charge in [-0.1, -0.05) is 12.1 Å². The molecule has 1 aromatic carbocycles. The molecule has 4 N–H and O–H groups in total. The Morgan fingerprint density at radius 1 is 1.37 bits per heavy atom. The number of aromatic nitrogens is 4. The number of benzene rings is 1. The van der Waals surface area contributed by atoms with Crippen LogP contribution >= 0.6 is 7.37 Å². The molecular weight excluding hydrogens is 376 g/mol. The highest BCUT2D eigenvalue weighted by molar-refractivity contribution is 7.56. The summed E-state index contributed by atoms with van der Waals surface area (Å²) in [7, 11) is -3.40. The van der Waals surface area contributed by atoms with Crippen molar-refractivity contribution in [1.29, 1.82) is 0 Å². The maximum Gasteiger partial charge on any atom is 0.320 e. The average molecular weight is 395 g/mol. The fraction of sp³-hybridized carbons (Fsp3) is 0.312. The minimum absolute atomic E-state index is 0.0165. The molecule has 2 heterocycles. The Morgan fingerprint density at radius 3 is 2.85 bits per heavy atom. The number of aliphatic hydroxyl groups excluding tert-OH is 1. The zero-order valence-electron chi connectivity index (χ0n) is 14.5. The van der Waals surface area contributed by atoms with Gasteiger partial charge in [0.25, 0.3) is 0 Å². The third-order valence-electron chi connectivity index (χ3n) is 3.73. The Bertz CT molecular complexity index is 1020. The van der Waals surface area contributed by atoms with Crippen LogP contribution in [0.4, 0.5) is 10.2 Å². The lowest BCUT2D eigenvalue weighted by Gasteiger charge is -2.10. The highest BCUT2D eigenvalue weighted by Crippen LogP contribution is 2.40. The van der Waals surface area contributed by atoms with Crippen LogP contribution in [0.2, 0.25) is 0 Å². The first-order valence-corrected chi connectivity index (χ1v) is 10.4. The summed E-state index contributed by atoms with van der Waals surface area (Å²) in [6.07, 6.45) is 1.26. The number of rotatable bonds is 7. The molecule has 11 heteroatoms. The largest absolute Gasteiger partial charge is 0.461 e. The number of halogens is 1. The fourth-order valence-corrected chi connectivity index (χ4v) is 3.48. The molecule has 9 nitrogen and oxygen atoms in total. The molecule has 0 bridgehead atoms. The van der Waals surface area contributed by atoms with Gasteiger partial charge in [-0.2, -0.15) is 15.1 Å². The number of nitrogens with zero attached hydrogens (tertiary/aromatic N) is 4. The molecule has 2 aromatic heterocycles. The van der Waals surface area contributed by atoms with Gasteiger partial charge >= 0.3 is 6.01 Å². The molecule has 0 saturated carbocycles. The first kappa shape index (κ1) is 19.2. The van der Waals surface area contributed by atoms with Crippen molar-refractivity contribution >= 4 is 24.2 Å². The van der Waals surface area contributed by atoms with Gasteiger partial charge in [0.05, 0.1) is 30.9 Å². The molecule has 0 aliphatic heterocycles. The molecule has 1 unspecified atom stereocenters. The summed E-state index contributed by atoms with van der Waals surface area (Å²) in [5.41, 5.74) is 7.16. The van der Waals surface area contributed by atoms with E-state index >= 15 is 0 Å². The second-order valence-corrected chi connectivity index (χ2v) is 8.56. The Labute approximate surface area is 154 Å². The normalized spacial score (nSPS) is 13.6. The van der Waals surface area contributed by atoms with E-state index in [0.717, 1.165) is 0 Å². The van der Waals surface area contributed by atoms with E-state index in [0.29, 0.717) is 16.6 Å². The van der Waals surface area contributed by atoms with Crippen molar-refractivity contribution in [2.24, 2.45) is 0 Å². The second kappa shape index (κ2) is 7.59. The molecule has 1 atom stereocenters. The zero-order valence-corrected chi connectivity index (χ0v) is 15.4. The molecule has 0 fully saturated rings. The van der Waals surface area contributed by atoms with Crippen molar-refractivity contribution < 1.29 is 23.7 Å². The third-order valence-corrected chi connectivity index (χ3v) is 4.66. The summed E-state index contributed by atoms with van der Waals surface area (Å²) in [5.74, 6) is -0.349. The number of hydrogen-bond acceptors (Lipinski definition) is 7. The number of anilines is 1. The number of nitrogens with two attached hydrogens (primary N) is 1. The Balaban J connectivity index is 1.93. The Morgan fingerprint density at radius 2 is 2.15 bits per heavy atom. The molecule has 3 rings (SSSR count). The highest BCUT2D eigenvalue weighted by Gasteiger charge is 2.16. The monoisotopic (exact) mass is 395 g/mol. The van der Waals surface area contributed by atoms with E-state index in [1.54, 1.807) is 10.7 Å². The molecule has 0 radical (unpaired) electrons. The fourth-order valence-electron chi connectivity index (χ4n) is 2.61. The molecule has 3 aromatic rings. The summed E-state index contributed by atoms with van der Waals surface area (Å²) < 4.78 is 32.3. The molecule has 0 aliphatic rings. The van der Waals surface area contributed by atoms with Crippen molar-refractivity contribution in [1.82, 2.24) is 19.7 Å². The van der Waals surface area contributed by atoms with E-state index in [4.69, 9.17) is 15.6 Å². The minimum Gasteiger partial charge on any atom is -0.461 e. The number of hydrogen-bond donors (Lipinski definition) is 3. The molecule has 27 heavy (non-hydrogen) atoms. The van der Waals surface area contributed by atoms with Crippen LogP contribution < -0.4 is 10.5 Å². The van der Waals surface area contributed by atoms with Gasteiger partial charge in [-0.25, -0.2) is 9.07 Å². The van der Waals surface area contributed by atoms with Gasteiger partial charge in [0, 0.05) is 6.66 Å². The standard InChI is InChI=1S/C16H19FN5O4P/c1-27(24,25)9-11-6-10(2-3-13(11)17)8-22-15-12(7-19-22)14(18)20-16(21-15)26-5-4-23/h2-3,6-7,23H,4-5,8-9H2,1H3,(H,24,25)(H2,18,20,21). The molecule has 0 amide bonds. The van der Waals surface area contributed by atoms with Crippen LogP contribution in [0.15, 0.2) is 24.4 Å². The topological polar surface area (TPSA) is 136 Å². The molecule has 0 spiro atoms. The number of ether oxygens (including phenoxy) is 1. The quantitative estimate of drug-likeness (QED) is 0.510. The van der Waals surface area contributed by atoms with Crippen LogP contribution in [-0.4, -0.2) is 49.6 Å². The van der Waals surface area contributed by atoms with E-state index in [2.05, 4.69) is 15.1 Å². The van der Waals surface area contributed by atoms with Crippen LogP contribution in [0.3, 0.4) is 0 Å². The van der Waals surface area contributed by atoms with Crippen LogP contribution in [0.1, 0.15) is 11.1 Å². The van der Waals surface area contributed by atoms with E-state index < -0.39 is 13.2 Å². The first-order valence-electron chi connectivity index (χ1n) is 8.06. The summed E-state index contributed by atoms with van der Waals surface area (Å²) in [6.45, 7) is 1.27. The van der Waals surface area contributed by atoms with Crippen molar-refractivity contribution in [2.45, 2.75) is 12.7 Å². The van der Waals surface area contributed by atoms with Crippen molar-refractivity contribution in [2.75, 3.05) is 25.6 Å². The lowest BCUT2D eigenvalue weighted by molar-refractivity contribution is 0.192. The van der Waals surface area contributed by atoms with Crippen molar-refractivity contribution in [3.63, 3.8) is 0 Å². The van der Waals surface area contributed by atoms with E-state index in [9.17, 15) is 13.8 Å². The van der Waals surface area contributed by atoms with Crippen LogP contribution in [-0.2, 0) is 17.3 Å². The average Bonchev–Trinajstić information content (AvgIpc) is 2.98. The van der Waals surface area contributed by atoms with E-state index in [1.807, 2.05) is 0 Å². The molecule has 144 valence electrons. The van der Waals surface area contributed by atoms with Gasteiger partial charge in [0.2, 0.25) is 7.37 Å². The predicted octanol–water partition coefficient (Wildman–Crippen LogP) is 1.37. The maximum absolute atomic E-state index is 13.9. The van der Waals surface area contributed by atoms with Gasteiger partial charge < -0.3 is 20.5 Å². The highest BCUT2D eigenvalue weighted by atomic mass is 31.2. The summed E-state index contributed by atoms with van der Waals surface area (Å²) in [4.78, 5) is 17.8. The molecule has 0 saturated heterocycles. The predicted molar refractivity (Wildman–Crippen MR) is 97.3 cm³/mol. The molecular formula is C16H19FN5O4P. The Kier molecular flexibility index (Phi) is 5.41. The summed E-state index contributed by atoms with van der Waals surface area (Å²) in [5, 5.41) is 13.6. The van der Waals surface area contributed by atoms with Crippen LogP contribution in [0.5, 0.6) is 6.01 Å². The maximum atomic E-state index is 13.9. The first-order chi connectivity index (χ1) is 12.8. The van der Waals surface area contributed by atoms with Crippen molar-refractivity contribution in [3.8, 4) is 6.01 Å². The van der Waals surface area contributed by atoms with Gasteiger partial charge in [0.1, 0.15) is 18.2 Å². The lowest BCUT2D eigenvalue weighted by Crippen LogP contribution is -2.08. The molecule has 0 aliphatic carbocycles. The number of aliphatic hydroxyl groups is 1. The van der Waals surface area contributed by atoms with Gasteiger partial charge in [0.15, 0.2) is 5.65 Å². The lowest BCUT2D eigenvalue weighted by atomic mass is 10.1. The summed E-state index contributed by atoms with van der Waals surface area (Å²) >= 11 is 0. The number of fused-ring (bicyclic) bond motifs is 1. The van der Waals surface area contributed by atoms with Crippen LogP contribution in [0, 0.1) is 5.82 Å². The van der Waals surface area contributed by atoms with Gasteiger partial charge in [-0.05, 0) is 17.2 Å².